The number of carbonyl (C=O) groups is 4. The molecule has 0 saturated heterocycles. The lowest BCUT2D eigenvalue weighted by molar-refractivity contribution is -0.120. The number of carbonyl (C=O) groups excluding carboxylic acids is 4. The lowest BCUT2D eigenvalue weighted by Gasteiger charge is -2.24. The van der Waals surface area contributed by atoms with Crippen molar-refractivity contribution < 1.29 is 33.4 Å². The summed E-state index contributed by atoms with van der Waals surface area (Å²) in [7, 11) is 3.04. The zero-order valence-corrected chi connectivity index (χ0v) is 21.6. The van der Waals surface area contributed by atoms with Gasteiger partial charge in [-0.05, 0) is 43.2 Å². The highest BCUT2D eigenvalue weighted by molar-refractivity contribution is 7.15. The first-order valence-corrected chi connectivity index (χ1v) is 12.5. The molecule has 2 heterocycles. The molecule has 1 aromatic heterocycles. The molecule has 2 aromatic carbocycles. The van der Waals surface area contributed by atoms with Crippen molar-refractivity contribution in [3.63, 3.8) is 0 Å². The van der Waals surface area contributed by atoms with Crippen LogP contribution in [0.3, 0.4) is 0 Å². The zero-order chi connectivity index (χ0) is 26.7. The Hall–Kier alpha value is -4.18. The number of rotatable bonds is 9. The van der Waals surface area contributed by atoms with E-state index in [4.69, 9.17) is 14.2 Å². The number of hydrogen-bond donors (Lipinski definition) is 1. The molecule has 9 nitrogen and oxygen atoms in total. The smallest absolute Gasteiger partial charge is 0.341 e. The van der Waals surface area contributed by atoms with Crippen LogP contribution in [-0.4, -0.2) is 55.5 Å². The van der Waals surface area contributed by atoms with Crippen LogP contribution in [0.1, 0.15) is 51.3 Å². The van der Waals surface area contributed by atoms with Gasteiger partial charge in [0, 0.05) is 10.9 Å². The maximum atomic E-state index is 13.4. The van der Waals surface area contributed by atoms with Crippen LogP contribution >= 0.6 is 11.3 Å². The molecular formula is C27H26N2O7S. The number of anilines is 1. The Bertz CT molecular complexity index is 1350. The van der Waals surface area contributed by atoms with Crippen molar-refractivity contribution in [1.82, 2.24) is 4.90 Å². The number of benzene rings is 2. The molecule has 0 aliphatic carbocycles. The summed E-state index contributed by atoms with van der Waals surface area (Å²) in [5.41, 5.74) is 1.89. The van der Waals surface area contributed by atoms with Gasteiger partial charge in [0.1, 0.15) is 16.6 Å². The molecule has 1 aliphatic rings. The first-order chi connectivity index (χ1) is 17.9. The standard InChI is InChI=1S/C27H26N2O7S/c1-5-19(29-25(31)16-9-7-8-10-17(16)26(29)32)23(30)28-24-22(27(33)36-6-2)18(14-37-24)15-11-12-20(34-3)21(13-15)35-4/h7-14,19H,5-6H2,1-4H3,(H,28,30). The summed E-state index contributed by atoms with van der Waals surface area (Å²) < 4.78 is 16.0. The maximum absolute atomic E-state index is 13.4. The van der Waals surface area contributed by atoms with Gasteiger partial charge in [-0.2, -0.15) is 0 Å². The zero-order valence-electron chi connectivity index (χ0n) is 20.8. The van der Waals surface area contributed by atoms with Crippen LogP contribution in [0.15, 0.2) is 47.8 Å². The highest BCUT2D eigenvalue weighted by Gasteiger charge is 2.42. The molecule has 4 rings (SSSR count). The third-order valence-electron chi connectivity index (χ3n) is 6.03. The first kappa shape index (κ1) is 25.9. The van der Waals surface area contributed by atoms with Gasteiger partial charge in [-0.1, -0.05) is 25.1 Å². The van der Waals surface area contributed by atoms with Gasteiger partial charge in [0.05, 0.1) is 32.0 Å². The van der Waals surface area contributed by atoms with E-state index in [1.165, 1.54) is 14.2 Å². The molecule has 37 heavy (non-hydrogen) atoms. The van der Waals surface area contributed by atoms with Crippen molar-refractivity contribution >= 4 is 40.0 Å². The van der Waals surface area contributed by atoms with Gasteiger partial charge < -0.3 is 19.5 Å². The van der Waals surface area contributed by atoms with Crippen LogP contribution in [0, 0.1) is 0 Å². The minimum absolute atomic E-state index is 0.139. The molecule has 1 atom stereocenters. The molecule has 10 heteroatoms. The van der Waals surface area contributed by atoms with Crippen LogP contribution in [0.25, 0.3) is 11.1 Å². The number of hydrogen-bond acceptors (Lipinski definition) is 8. The quantitative estimate of drug-likeness (QED) is 0.322. The van der Waals surface area contributed by atoms with E-state index in [0.717, 1.165) is 16.2 Å². The number of imide groups is 1. The second-order valence-electron chi connectivity index (χ2n) is 8.08. The number of fused-ring (bicyclic) bond motifs is 1. The minimum Gasteiger partial charge on any atom is -0.493 e. The predicted octanol–water partition coefficient (Wildman–Crippen LogP) is 4.62. The van der Waals surface area contributed by atoms with Gasteiger partial charge >= 0.3 is 5.97 Å². The Morgan fingerprint density at radius 2 is 1.59 bits per heavy atom. The summed E-state index contributed by atoms with van der Waals surface area (Å²) in [5.74, 6) is -1.24. The van der Waals surface area contributed by atoms with E-state index in [1.54, 1.807) is 61.7 Å². The fraction of sp³-hybridized carbons (Fsp3) is 0.259. The second kappa shape index (κ2) is 10.8. The fourth-order valence-electron chi connectivity index (χ4n) is 4.24. The molecule has 1 unspecified atom stereocenters. The summed E-state index contributed by atoms with van der Waals surface area (Å²) in [6.07, 6.45) is 0.194. The third-order valence-corrected chi connectivity index (χ3v) is 6.92. The van der Waals surface area contributed by atoms with Crippen LogP contribution in [-0.2, 0) is 9.53 Å². The fourth-order valence-corrected chi connectivity index (χ4v) is 5.20. The summed E-state index contributed by atoms with van der Waals surface area (Å²) in [5, 5.41) is 4.74. The molecule has 0 spiro atoms. The van der Waals surface area contributed by atoms with Gasteiger partial charge in [-0.3, -0.25) is 19.3 Å². The highest BCUT2D eigenvalue weighted by Crippen LogP contribution is 2.40. The molecule has 3 amide bonds. The van der Waals surface area contributed by atoms with Crippen molar-refractivity contribution in [2.75, 3.05) is 26.1 Å². The monoisotopic (exact) mass is 522 g/mol. The Kier molecular flexibility index (Phi) is 7.58. The number of ether oxygens (including phenoxy) is 3. The van der Waals surface area contributed by atoms with E-state index in [1.807, 2.05) is 0 Å². The maximum Gasteiger partial charge on any atom is 0.341 e. The predicted molar refractivity (Wildman–Crippen MR) is 138 cm³/mol. The van der Waals surface area contributed by atoms with Crippen LogP contribution in [0.4, 0.5) is 5.00 Å². The van der Waals surface area contributed by atoms with Crippen molar-refractivity contribution in [2.45, 2.75) is 26.3 Å². The number of amides is 3. The number of nitrogens with one attached hydrogen (secondary N) is 1. The van der Waals surface area contributed by atoms with Crippen LogP contribution in [0.5, 0.6) is 11.5 Å². The van der Waals surface area contributed by atoms with E-state index >= 15 is 0 Å². The van der Waals surface area contributed by atoms with Crippen molar-refractivity contribution in [1.29, 1.82) is 0 Å². The summed E-state index contributed by atoms with van der Waals surface area (Å²) >= 11 is 1.14. The van der Waals surface area contributed by atoms with Gasteiger partial charge in [0.25, 0.3) is 11.8 Å². The molecule has 0 saturated carbocycles. The van der Waals surface area contributed by atoms with Gasteiger partial charge in [0.2, 0.25) is 5.91 Å². The summed E-state index contributed by atoms with van der Waals surface area (Å²) in [6.45, 7) is 3.54. The number of methoxy groups -OCH3 is 2. The molecule has 0 bridgehead atoms. The Morgan fingerprint density at radius 1 is 0.946 bits per heavy atom. The topological polar surface area (TPSA) is 111 Å². The van der Waals surface area contributed by atoms with Crippen molar-refractivity contribution in [2.24, 2.45) is 0 Å². The van der Waals surface area contributed by atoms with Crippen molar-refractivity contribution in [3.8, 4) is 22.6 Å². The Morgan fingerprint density at radius 3 is 2.16 bits per heavy atom. The molecule has 3 aromatic rings. The third kappa shape index (κ3) is 4.67. The molecule has 1 N–H and O–H groups in total. The SMILES string of the molecule is CCOC(=O)c1c(-c2ccc(OC)c(OC)c2)csc1NC(=O)C(CC)N1C(=O)c2ccccc2C1=O. The number of thiophene rings is 1. The van der Waals surface area contributed by atoms with E-state index in [2.05, 4.69) is 5.32 Å². The van der Waals surface area contributed by atoms with E-state index < -0.39 is 29.7 Å². The van der Waals surface area contributed by atoms with Crippen LogP contribution in [0.2, 0.25) is 0 Å². The normalized spacial score (nSPS) is 13.2. The Labute approximate surface area is 217 Å². The first-order valence-electron chi connectivity index (χ1n) is 11.6. The van der Waals surface area contributed by atoms with Crippen LogP contribution < -0.4 is 14.8 Å². The molecule has 0 fully saturated rings. The molecular weight excluding hydrogens is 496 g/mol. The summed E-state index contributed by atoms with van der Waals surface area (Å²) in [4.78, 5) is 53.3. The summed E-state index contributed by atoms with van der Waals surface area (Å²) in [6, 6.07) is 10.6. The lowest BCUT2D eigenvalue weighted by Crippen LogP contribution is -2.46. The largest absolute Gasteiger partial charge is 0.493 e. The molecule has 192 valence electrons. The molecule has 0 radical (unpaired) electrons. The molecule has 1 aliphatic heterocycles. The van der Waals surface area contributed by atoms with Gasteiger partial charge in [-0.25, -0.2) is 4.79 Å². The lowest BCUT2D eigenvalue weighted by atomic mass is 10.0. The number of nitrogens with zero attached hydrogens (tertiary/aromatic N) is 1. The van der Waals surface area contributed by atoms with E-state index in [-0.39, 0.29) is 34.7 Å². The second-order valence-corrected chi connectivity index (χ2v) is 8.96. The van der Waals surface area contributed by atoms with Crippen molar-refractivity contribution in [3.05, 3.63) is 64.5 Å². The van der Waals surface area contributed by atoms with Gasteiger partial charge in [0.15, 0.2) is 11.5 Å². The van der Waals surface area contributed by atoms with Gasteiger partial charge in [-0.15, -0.1) is 11.3 Å². The highest BCUT2D eigenvalue weighted by atomic mass is 32.1. The average Bonchev–Trinajstić information content (AvgIpc) is 3.43. The van der Waals surface area contributed by atoms with E-state index in [0.29, 0.717) is 22.6 Å². The minimum atomic E-state index is -1.06. The number of esters is 1. The average molecular weight is 523 g/mol. The van der Waals surface area contributed by atoms with E-state index in [9.17, 15) is 19.2 Å². The Balaban J connectivity index is 1.68.